The standard InChI is InChI=1S/C32H44O5/c1-9-27-32(7,8)30(37-24(6)36-27)22(4)20(2)21(3)23(5)35-31(34)29(33)28(25-16-12-10-13-17-25)26-18-14-11-15-19-26/h10-19,22-24,27-30,33H,9H2,1-8H3/b21-20+/t22-,23-,24?,27-,29+,30-/m0/s1. The molecule has 0 spiro atoms. The van der Waals surface area contributed by atoms with Gasteiger partial charge in [0.05, 0.1) is 12.2 Å². The van der Waals surface area contributed by atoms with Crippen LogP contribution in [0.5, 0.6) is 0 Å². The Hall–Kier alpha value is -2.47. The van der Waals surface area contributed by atoms with E-state index in [1.54, 1.807) is 0 Å². The molecule has 3 rings (SSSR count). The van der Waals surface area contributed by atoms with Gasteiger partial charge in [0.25, 0.3) is 0 Å². The molecule has 5 heteroatoms. The van der Waals surface area contributed by atoms with Crippen molar-refractivity contribution in [1.82, 2.24) is 0 Å². The second-order valence-corrected chi connectivity index (χ2v) is 11.0. The molecule has 37 heavy (non-hydrogen) atoms. The third kappa shape index (κ3) is 6.51. The quantitative estimate of drug-likeness (QED) is 0.303. The van der Waals surface area contributed by atoms with Gasteiger partial charge in [-0.2, -0.15) is 0 Å². The van der Waals surface area contributed by atoms with Crippen LogP contribution in [0, 0.1) is 11.3 Å². The lowest BCUT2D eigenvalue weighted by Crippen LogP contribution is -2.53. The maximum absolute atomic E-state index is 13.2. The van der Waals surface area contributed by atoms with Gasteiger partial charge in [-0.1, -0.05) is 93.9 Å². The lowest BCUT2D eigenvalue weighted by atomic mass is 9.71. The average Bonchev–Trinajstić information content (AvgIpc) is 2.89. The van der Waals surface area contributed by atoms with Crippen molar-refractivity contribution in [1.29, 1.82) is 0 Å². The average molecular weight is 509 g/mol. The van der Waals surface area contributed by atoms with Crippen LogP contribution in [-0.2, 0) is 19.0 Å². The molecular weight excluding hydrogens is 464 g/mol. The first-order valence-corrected chi connectivity index (χ1v) is 13.5. The number of esters is 1. The lowest BCUT2D eigenvalue weighted by molar-refractivity contribution is -0.294. The Morgan fingerprint density at radius 1 is 0.946 bits per heavy atom. The van der Waals surface area contributed by atoms with Gasteiger partial charge in [0.15, 0.2) is 12.4 Å². The third-order valence-corrected chi connectivity index (χ3v) is 8.16. The molecule has 1 fully saturated rings. The van der Waals surface area contributed by atoms with Crippen molar-refractivity contribution in [2.75, 3.05) is 0 Å². The maximum atomic E-state index is 13.2. The monoisotopic (exact) mass is 508 g/mol. The van der Waals surface area contributed by atoms with Crippen molar-refractivity contribution in [3.8, 4) is 0 Å². The van der Waals surface area contributed by atoms with E-state index >= 15 is 0 Å². The molecule has 0 saturated carbocycles. The van der Waals surface area contributed by atoms with Crippen molar-refractivity contribution < 1.29 is 24.1 Å². The van der Waals surface area contributed by atoms with Crippen LogP contribution < -0.4 is 0 Å². The zero-order chi connectivity index (χ0) is 27.3. The lowest BCUT2D eigenvalue weighted by Gasteiger charge is -2.49. The number of carbonyl (C=O) groups excluding carboxylic acids is 1. The first-order valence-electron chi connectivity index (χ1n) is 13.5. The number of ether oxygens (including phenoxy) is 3. The number of hydrogen-bond acceptors (Lipinski definition) is 5. The smallest absolute Gasteiger partial charge is 0.336 e. The van der Waals surface area contributed by atoms with E-state index in [0.29, 0.717) is 0 Å². The zero-order valence-corrected chi connectivity index (χ0v) is 23.6. The first kappa shape index (κ1) is 29.1. The molecule has 1 aliphatic heterocycles. The molecule has 2 aromatic carbocycles. The van der Waals surface area contributed by atoms with Gasteiger partial charge in [0, 0.05) is 17.3 Å². The number of benzene rings is 2. The molecule has 0 aromatic heterocycles. The largest absolute Gasteiger partial charge is 0.456 e. The fraction of sp³-hybridized carbons (Fsp3) is 0.531. The van der Waals surface area contributed by atoms with Gasteiger partial charge in [0.1, 0.15) is 6.10 Å². The number of aliphatic hydroxyl groups excluding tert-OH is 1. The highest BCUT2D eigenvalue weighted by atomic mass is 16.7. The van der Waals surface area contributed by atoms with E-state index in [9.17, 15) is 9.90 Å². The number of hydrogen-bond donors (Lipinski definition) is 1. The second kappa shape index (κ2) is 12.4. The predicted octanol–water partition coefficient (Wildman–Crippen LogP) is 6.65. The molecule has 0 aliphatic carbocycles. The summed E-state index contributed by atoms with van der Waals surface area (Å²) in [6.07, 6.45) is -1.10. The van der Waals surface area contributed by atoms with Crippen molar-refractivity contribution in [2.45, 2.75) is 98.4 Å². The predicted molar refractivity (Wildman–Crippen MR) is 147 cm³/mol. The van der Waals surface area contributed by atoms with Gasteiger partial charge in [-0.15, -0.1) is 0 Å². The number of carbonyl (C=O) groups is 1. The molecule has 2 aromatic rings. The summed E-state index contributed by atoms with van der Waals surface area (Å²) in [4.78, 5) is 13.2. The summed E-state index contributed by atoms with van der Waals surface area (Å²) in [6, 6.07) is 19.2. The van der Waals surface area contributed by atoms with E-state index < -0.39 is 24.1 Å². The topological polar surface area (TPSA) is 65.0 Å². The van der Waals surface area contributed by atoms with E-state index in [1.165, 1.54) is 0 Å². The number of aliphatic hydroxyl groups is 1. The molecule has 1 unspecified atom stereocenters. The van der Waals surface area contributed by atoms with E-state index in [-0.39, 0.29) is 29.8 Å². The summed E-state index contributed by atoms with van der Waals surface area (Å²) in [5.74, 6) is -1.05. The van der Waals surface area contributed by atoms with Crippen LogP contribution >= 0.6 is 0 Å². The Balaban J connectivity index is 1.79. The maximum Gasteiger partial charge on any atom is 0.336 e. The van der Waals surface area contributed by atoms with Crippen LogP contribution in [0.3, 0.4) is 0 Å². The van der Waals surface area contributed by atoms with Crippen molar-refractivity contribution in [2.24, 2.45) is 11.3 Å². The Kier molecular flexibility index (Phi) is 9.74. The van der Waals surface area contributed by atoms with Crippen molar-refractivity contribution in [3.05, 3.63) is 82.9 Å². The molecule has 202 valence electrons. The zero-order valence-electron chi connectivity index (χ0n) is 23.6. The summed E-state index contributed by atoms with van der Waals surface area (Å²) >= 11 is 0. The van der Waals surface area contributed by atoms with E-state index in [0.717, 1.165) is 28.7 Å². The highest BCUT2D eigenvalue weighted by Gasteiger charge is 2.46. The Bertz CT molecular complexity index is 1010. The van der Waals surface area contributed by atoms with Crippen molar-refractivity contribution >= 4 is 5.97 Å². The Labute approximate surface area is 222 Å². The summed E-state index contributed by atoms with van der Waals surface area (Å²) in [7, 11) is 0. The van der Waals surface area contributed by atoms with Gasteiger partial charge in [-0.25, -0.2) is 4.79 Å². The molecule has 0 radical (unpaired) electrons. The summed E-state index contributed by atoms with van der Waals surface area (Å²) in [5, 5.41) is 11.2. The van der Waals surface area contributed by atoms with Gasteiger partial charge >= 0.3 is 5.97 Å². The van der Waals surface area contributed by atoms with Gasteiger partial charge < -0.3 is 19.3 Å². The minimum absolute atomic E-state index is 0.0369. The molecular formula is C32H44O5. The molecule has 5 nitrogen and oxygen atoms in total. The van der Waals surface area contributed by atoms with Gasteiger partial charge in [-0.05, 0) is 50.8 Å². The van der Waals surface area contributed by atoms with Crippen LogP contribution in [0.25, 0.3) is 0 Å². The van der Waals surface area contributed by atoms with Crippen LogP contribution in [-0.4, -0.2) is 41.8 Å². The second-order valence-electron chi connectivity index (χ2n) is 11.0. The van der Waals surface area contributed by atoms with Crippen LogP contribution in [0.4, 0.5) is 0 Å². The first-order chi connectivity index (χ1) is 17.5. The van der Waals surface area contributed by atoms with Crippen molar-refractivity contribution in [3.63, 3.8) is 0 Å². The molecule has 1 heterocycles. The SMILES string of the molecule is CC[C@@H]1OC(C)O[C@@H]([C@@H](C)/C(C)=C(\C)[C@H](C)OC(=O)[C@H](O)C(c2ccccc2)c2ccccc2)C1(C)C. The van der Waals surface area contributed by atoms with E-state index in [1.807, 2.05) is 81.4 Å². The Morgan fingerprint density at radius 2 is 1.46 bits per heavy atom. The summed E-state index contributed by atoms with van der Waals surface area (Å²) < 4.78 is 18.2. The van der Waals surface area contributed by atoms with Gasteiger partial charge in [-0.3, -0.25) is 0 Å². The van der Waals surface area contributed by atoms with E-state index in [2.05, 4.69) is 34.6 Å². The highest BCUT2D eigenvalue weighted by molar-refractivity contribution is 5.77. The minimum atomic E-state index is -1.33. The van der Waals surface area contributed by atoms with Crippen LogP contribution in [0.2, 0.25) is 0 Å². The van der Waals surface area contributed by atoms with Crippen LogP contribution in [0.1, 0.15) is 78.9 Å². The molecule has 1 aliphatic rings. The summed E-state index contributed by atoms with van der Waals surface area (Å²) in [6.45, 7) is 16.6. The molecule has 1 N–H and O–H groups in total. The normalized spacial score (nSPS) is 24.6. The number of rotatable bonds is 9. The summed E-state index contributed by atoms with van der Waals surface area (Å²) in [5.41, 5.74) is 3.65. The molecule has 0 bridgehead atoms. The minimum Gasteiger partial charge on any atom is -0.456 e. The van der Waals surface area contributed by atoms with E-state index in [4.69, 9.17) is 14.2 Å². The fourth-order valence-electron chi connectivity index (χ4n) is 5.64. The fourth-order valence-corrected chi connectivity index (χ4v) is 5.64. The highest BCUT2D eigenvalue weighted by Crippen LogP contribution is 2.43. The molecule has 6 atom stereocenters. The molecule has 0 amide bonds. The third-order valence-electron chi connectivity index (χ3n) is 8.16. The van der Waals surface area contributed by atoms with Gasteiger partial charge in [0.2, 0.25) is 0 Å². The Morgan fingerprint density at radius 3 is 1.95 bits per heavy atom. The van der Waals surface area contributed by atoms with Crippen LogP contribution in [0.15, 0.2) is 71.8 Å². The molecule has 1 saturated heterocycles.